The predicted molar refractivity (Wildman–Crippen MR) is 133 cm³/mol. The molecule has 11 nitrogen and oxygen atoms in total. The summed E-state index contributed by atoms with van der Waals surface area (Å²) < 4.78 is 20.5. The number of carbonyl (C=O) groups excluding carboxylic acids is 3. The molecule has 1 fully saturated rings. The van der Waals surface area contributed by atoms with Gasteiger partial charge in [-0.3, -0.25) is 19.3 Å². The van der Waals surface area contributed by atoms with E-state index in [1.54, 1.807) is 30.3 Å². The van der Waals surface area contributed by atoms with Crippen molar-refractivity contribution in [1.82, 2.24) is 9.69 Å². The lowest BCUT2D eigenvalue weighted by atomic mass is 10.1. The fourth-order valence-corrected chi connectivity index (χ4v) is 5.65. The van der Waals surface area contributed by atoms with E-state index in [1.165, 1.54) is 16.2 Å². The third-order valence-corrected chi connectivity index (χ3v) is 7.63. The van der Waals surface area contributed by atoms with Crippen molar-refractivity contribution in [2.45, 2.75) is 25.0 Å². The molecule has 2 aromatic heterocycles. The molecule has 2 aliphatic heterocycles. The average molecular weight is 530 g/mol. The van der Waals surface area contributed by atoms with Gasteiger partial charge in [0, 0.05) is 29.8 Å². The lowest BCUT2D eigenvalue weighted by Gasteiger charge is -2.30. The summed E-state index contributed by atoms with van der Waals surface area (Å²) in [5.41, 5.74) is 11.5. The monoisotopic (exact) mass is 529 g/mol. The highest BCUT2D eigenvalue weighted by molar-refractivity contribution is 7.10. The van der Waals surface area contributed by atoms with Crippen molar-refractivity contribution in [1.29, 1.82) is 0 Å². The standard InChI is InChI=1S/C23H23N5O6S2/c24-17-18(21(25)29)27-36-20(17)23(31)28(12-5-6-14-15(9-12)34-11-33-14)19(16-4-2-8-35-16)22(30)26-10-13-3-1-7-32-13/h2,4-6,8-9,13,19H,1,3,7,10-11,24H2,(H2,25,29)(H,26,30)/t13-,19+/m0/s1. The van der Waals surface area contributed by atoms with Gasteiger partial charge in [0.2, 0.25) is 12.7 Å². The Morgan fingerprint density at radius 2 is 2.06 bits per heavy atom. The molecule has 5 N–H and O–H groups in total. The first-order valence-corrected chi connectivity index (χ1v) is 12.8. The van der Waals surface area contributed by atoms with Crippen LogP contribution in [-0.4, -0.2) is 48.1 Å². The number of hydrogen-bond acceptors (Lipinski definition) is 10. The summed E-state index contributed by atoms with van der Waals surface area (Å²) in [5.74, 6) is -0.888. The molecule has 1 aromatic carbocycles. The number of nitrogens with one attached hydrogen (secondary N) is 1. The van der Waals surface area contributed by atoms with Crippen molar-refractivity contribution in [3.8, 4) is 11.5 Å². The van der Waals surface area contributed by atoms with Gasteiger partial charge in [0.05, 0.1) is 11.8 Å². The summed E-state index contributed by atoms with van der Waals surface area (Å²) in [7, 11) is 0. The van der Waals surface area contributed by atoms with Crippen molar-refractivity contribution in [3.05, 3.63) is 51.2 Å². The van der Waals surface area contributed by atoms with Crippen molar-refractivity contribution in [3.63, 3.8) is 0 Å². The molecule has 2 aliphatic rings. The minimum atomic E-state index is -1.04. The van der Waals surface area contributed by atoms with Gasteiger partial charge in [0.15, 0.2) is 23.2 Å². The number of ether oxygens (including phenoxy) is 3. The molecule has 3 amide bonds. The van der Waals surface area contributed by atoms with Gasteiger partial charge in [-0.25, -0.2) is 0 Å². The van der Waals surface area contributed by atoms with Gasteiger partial charge in [-0.2, -0.15) is 4.37 Å². The number of nitrogens with two attached hydrogens (primary N) is 2. The zero-order valence-corrected chi connectivity index (χ0v) is 20.6. The number of fused-ring (bicyclic) bond motifs is 1. The highest BCUT2D eigenvalue weighted by atomic mass is 32.1. The third-order valence-electron chi connectivity index (χ3n) is 5.86. The summed E-state index contributed by atoms with van der Waals surface area (Å²) in [4.78, 5) is 41.3. The molecule has 2 atom stereocenters. The molecule has 3 aromatic rings. The number of hydrogen-bond donors (Lipinski definition) is 3. The maximum Gasteiger partial charge on any atom is 0.273 e. The van der Waals surface area contributed by atoms with Crippen LogP contribution in [0.25, 0.3) is 0 Å². The molecule has 0 radical (unpaired) electrons. The van der Waals surface area contributed by atoms with Crippen molar-refractivity contribution < 1.29 is 28.6 Å². The van der Waals surface area contributed by atoms with Gasteiger partial charge >= 0.3 is 0 Å². The number of benzene rings is 1. The summed E-state index contributed by atoms with van der Waals surface area (Å²) >= 11 is 2.08. The zero-order chi connectivity index (χ0) is 25.2. The zero-order valence-electron chi connectivity index (χ0n) is 19.0. The Hall–Kier alpha value is -3.68. The lowest BCUT2D eigenvalue weighted by molar-refractivity contribution is -0.122. The molecule has 13 heteroatoms. The lowest BCUT2D eigenvalue weighted by Crippen LogP contribution is -2.45. The van der Waals surface area contributed by atoms with Gasteiger partial charge in [-0.15, -0.1) is 11.3 Å². The second-order valence-corrected chi connectivity index (χ2v) is 9.90. The fourth-order valence-electron chi connectivity index (χ4n) is 4.09. The van der Waals surface area contributed by atoms with E-state index in [9.17, 15) is 14.4 Å². The highest BCUT2D eigenvalue weighted by Crippen LogP contribution is 2.40. The molecule has 36 heavy (non-hydrogen) atoms. The summed E-state index contributed by atoms with van der Waals surface area (Å²) in [6.45, 7) is 1.02. The number of thiophene rings is 1. The number of nitrogen functional groups attached to an aromatic ring is 1. The molecule has 188 valence electrons. The molecule has 0 spiro atoms. The molecule has 5 rings (SSSR count). The van der Waals surface area contributed by atoms with Crippen LogP contribution in [0.2, 0.25) is 0 Å². The number of aromatic nitrogens is 1. The first-order valence-electron chi connectivity index (χ1n) is 11.1. The Morgan fingerprint density at radius 1 is 1.22 bits per heavy atom. The molecule has 0 unspecified atom stereocenters. The van der Waals surface area contributed by atoms with E-state index in [0.29, 0.717) is 35.2 Å². The maximum absolute atomic E-state index is 14.0. The molecule has 4 heterocycles. The van der Waals surface area contributed by atoms with E-state index in [-0.39, 0.29) is 29.2 Å². The summed E-state index contributed by atoms with van der Waals surface area (Å²) in [5, 5.41) is 4.76. The number of rotatable bonds is 8. The van der Waals surface area contributed by atoms with Crippen LogP contribution >= 0.6 is 22.9 Å². The Kier molecular flexibility index (Phi) is 6.76. The SMILES string of the molecule is NC(=O)c1nsc(C(=O)N(c2ccc3c(c2)OCO3)[C@@H](C(=O)NC[C@@H]2CCCO2)c2cccs2)c1N. The minimum absolute atomic E-state index is 0.00468. The predicted octanol–water partition coefficient (Wildman–Crippen LogP) is 2.30. The van der Waals surface area contributed by atoms with E-state index in [4.69, 9.17) is 25.7 Å². The van der Waals surface area contributed by atoms with Crippen LogP contribution < -0.4 is 31.2 Å². The first-order chi connectivity index (χ1) is 17.4. The van der Waals surface area contributed by atoms with Crippen LogP contribution in [0.3, 0.4) is 0 Å². The molecule has 0 bridgehead atoms. The van der Waals surface area contributed by atoms with Crippen LogP contribution in [0.4, 0.5) is 11.4 Å². The van der Waals surface area contributed by atoms with E-state index in [0.717, 1.165) is 24.4 Å². The normalized spacial score (nSPS) is 17.1. The molecule has 0 aliphatic carbocycles. The number of carbonyl (C=O) groups is 3. The van der Waals surface area contributed by atoms with Gasteiger partial charge < -0.3 is 31.0 Å². The third kappa shape index (κ3) is 4.59. The largest absolute Gasteiger partial charge is 0.454 e. The van der Waals surface area contributed by atoms with Crippen molar-refractivity contribution in [2.75, 3.05) is 30.6 Å². The smallest absolute Gasteiger partial charge is 0.273 e. The van der Waals surface area contributed by atoms with Gasteiger partial charge in [-0.1, -0.05) is 6.07 Å². The maximum atomic E-state index is 14.0. The Labute approximate surface area is 214 Å². The fraction of sp³-hybridized carbons (Fsp3) is 0.304. The molecule has 1 saturated heterocycles. The Morgan fingerprint density at radius 3 is 2.75 bits per heavy atom. The summed E-state index contributed by atoms with van der Waals surface area (Å²) in [6, 6.07) is 7.48. The van der Waals surface area contributed by atoms with Gasteiger partial charge in [0.25, 0.3) is 11.8 Å². The van der Waals surface area contributed by atoms with Crippen LogP contribution in [-0.2, 0) is 9.53 Å². The van der Waals surface area contributed by atoms with Crippen LogP contribution in [0.5, 0.6) is 11.5 Å². The molecular formula is C23H23N5O6S2. The second-order valence-electron chi connectivity index (χ2n) is 8.15. The molecule has 0 saturated carbocycles. The topological polar surface area (TPSA) is 159 Å². The molecular weight excluding hydrogens is 506 g/mol. The Balaban J connectivity index is 1.57. The first kappa shape index (κ1) is 24.0. The van der Waals surface area contributed by atoms with E-state index in [1.807, 2.05) is 5.38 Å². The number of primary amides is 1. The van der Waals surface area contributed by atoms with Crippen molar-refractivity contribution in [2.24, 2.45) is 5.73 Å². The van der Waals surface area contributed by atoms with Gasteiger partial charge in [-0.05, 0) is 48.0 Å². The number of anilines is 2. The van der Waals surface area contributed by atoms with E-state index in [2.05, 4.69) is 9.69 Å². The quantitative estimate of drug-likeness (QED) is 0.401. The Bertz CT molecular complexity index is 1290. The van der Waals surface area contributed by atoms with Crippen LogP contribution in [0, 0.1) is 0 Å². The van der Waals surface area contributed by atoms with E-state index >= 15 is 0 Å². The van der Waals surface area contributed by atoms with Crippen LogP contribution in [0.15, 0.2) is 35.7 Å². The summed E-state index contributed by atoms with van der Waals surface area (Å²) in [6.07, 6.45) is 1.70. The van der Waals surface area contributed by atoms with Crippen molar-refractivity contribution >= 4 is 52.0 Å². The highest BCUT2D eigenvalue weighted by Gasteiger charge is 2.37. The van der Waals surface area contributed by atoms with Crippen LogP contribution in [0.1, 0.15) is 43.9 Å². The minimum Gasteiger partial charge on any atom is -0.454 e. The average Bonchev–Trinajstić information content (AvgIpc) is 3.67. The number of nitrogens with zero attached hydrogens (tertiary/aromatic N) is 2. The van der Waals surface area contributed by atoms with E-state index < -0.39 is 23.8 Å². The van der Waals surface area contributed by atoms with Gasteiger partial charge in [0.1, 0.15) is 4.88 Å². The second kappa shape index (κ2) is 10.1. The number of amides is 3.